The summed E-state index contributed by atoms with van der Waals surface area (Å²) < 4.78 is 2.18. The van der Waals surface area contributed by atoms with Crippen LogP contribution in [0, 0.1) is 0 Å². The smallest absolute Gasteiger partial charge is 0.124 e. The van der Waals surface area contributed by atoms with E-state index in [0.717, 1.165) is 27.8 Å². The van der Waals surface area contributed by atoms with Gasteiger partial charge in [0.2, 0.25) is 0 Å². The SMILES string of the molecule is Oc1cccc2c1cc(-c1ccccc1)n2-c1ccccc1. The van der Waals surface area contributed by atoms with Crippen molar-refractivity contribution >= 4 is 10.9 Å². The van der Waals surface area contributed by atoms with E-state index in [1.807, 2.05) is 54.6 Å². The topological polar surface area (TPSA) is 25.2 Å². The molecule has 106 valence electrons. The first kappa shape index (κ1) is 12.7. The van der Waals surface area contributed by atoms with Gasteiger partial charge in [0.25, 0.3) is 0 Å². The summed E-state index contributed by atoms with van der Waals surface area (Å²) in [5.74, 6) is 0.310. The second kappa shape index (κ2) is 5.08. The van der Waals surface area contributed by atoms with Crippen LogP contribution < -0.4 is 0 Å². The molecule has 0 spiro atoms. The number of benzene rings is 3. The van der Waals surface area contributed by atoms with Gasteiger partial charge in [-0.2, -0.15) is 0 Å². The molecular weight excluding hydrogens is 270 g/mol. The zero-order chi connectivity index (χ0) is 14.9. The van der Waals surface area contributed by atoms with Crippen molar-refractivity contribution in [3.8, 4) is 22.7 Å². The Kier molecular flexibility index (Phi) is 2.94. The van der Waals surface area contributed by atoms with E-state index in [0.29, 0.717) is 5.75 Å². The van der Waals surface area contributed by atoms with Crippen molar-refractivity contribution in [3.05, 3.63) is 84.9 Å². The maximum absolute atomic E-state index is 10.2. The summed E-state index contributed by atoms with van der Waals surface area (Å²) in [6, 6.07) is 28.2. The molecule has 1 heterocycles. The predicted molar refractivity (Wildman–Crippen MR) is 90.4 cm³/mol. The van der Waals surface area contributed by atoms with Crippen molar-refractivity contribution in [2.45, 2.75) is 0 Å². The first-order valence-corrected chi connectivity index (χ1v) is 7.29. The van der Waals surface area contributed by atoms with Gasteiger partial charge >= 0.3 is 0 Å². The van der Waals surface area contributed by atoms with E-state index in [4.69, 9.17) is 0 Å². The zero-order valence-electron chi connectivity index (χ0n) is 12.0. The van der Waals surface area contributed by atoms with Crippen molar-refractivity contribution < 1.29 is 5.11 Å². The maximum atomic E-state index is 10.2. The zero-order valence-corrected chi connectivity index (χ0v) is 12.0. The molecule has 0 saturated carbocycles. The van der Waals surface area contributed by atoms with E-state index in [9.17, 15) is 5.11 Å². The molecule has 1 N–H and O–H groups in total. The van der Waals surface area contributed by atoms with Crippen LogP contribution in [0.5, 0.6) is 5.75 Å². The monoisotopic (exact) mass is 285 g/mol. The van der Waals surface area contributed by atoms with Crippen molar-refractivity contribution in [1.82, 2.24) is 4.57 Å². The Morgan fingerprint density at radius 2 is 1.36 bits per heavy atom. The van der Waals surface area contributed by atoms with E-state index in [1.165, 1.54) is 0 Å². The Balaban J connectivity index is 2.10. The highest BCUT2D eigenvalue weighted by Crippen LogP contribution is 2.35. The van der Waals surface area contributed by atoms with Gasteiger partial charge in [0.05, 0.1) is 11.2 Å². The van der Waals surface area contributed by atoms with Gasteiger partial charge in [-0.15, -0.1) is 0 Å². The minimum Gasteiger partial charge on any atom is -0.507 e. The first-order chi connectivity index (χ1) is 10.8. The van der Waals surface area contributed by atoms with Crippen LogP contribution in [0.2, 0.25) is 0 Å². The lowest BCUT2D eigenvalue weighted by molar-refractivity contribution is 0.481. The van der Waals surface area contributed by atoms with Crippen LogP contribution >= 0.6 is 0 Å². The number of rotatable bonds is 2. The average molecular weight is 285 g/mol. The maximum Gasteiger partial charge on any atom is 0.124 e. The van der Waals surface area contributed by atoms with Crippen LogP contribution in [0.4, 0.5) is 0 Å². The van der Waals surface area contributed by atoms with E-state index < -0.39 is 0 Å². The molecule has 4 rings (SSSR count). The summed E-state index contributed by atoms with van der Waals surface area (Å²) in [6.45, 7) is 0. The molecule has 4 aromatic rings. The molecule has 22 heavy (non-hydrogen) atoms. The Morgan fingerprint density at radius 3 is 2.09 bits per heavy atom. The van der Waals surface area contributed by atoms with Gasteiger partial charge in [0, 0.05) is 11.1 Å². The van der Waals surface area contributed by atoms with E-state index in [2.05, 4.69) is 28.8 Å². The fourth-order valence-electron chi connectivity index (χ4n) is 2.89. The molecule has 0 radical (unpaired) electrons. The highest BCUT2D eigenvalue weighted by Gasteiger charge is 2.13. The minimum absolute atomic E-state index is 0.310. The molecule has 0 unspecified atom stereocenters. The van der Waals surface area contributed by atoms with Gasteiger partial charge in [0.15, 0.2) is 0 Å². The van der Waals surface area contributed by atoms with Crippen LogP contribution in [0.25, 0.3) is 27.8 Å². The quantitative estimate of drug-likeness (QED) is 0.550. The van der Waals surface area contributed by atoms with Gasteiger partial charge in [-0.05, 0) is 35.9 Å². The lowest BCUT2D eigenvalue weighted by Crippen LogP contribution is -1.96. The summed E-state index contributed by atoms with van der Waals surface area (Å²) in [7, 11) is 0. The molecule has 2 heteroatoms. The number of aromatic hydroxyl groups is 1. The second-order valence-corrected chi connectivity index (χ2v) is 5.28. The average Bonchev–Trinajstić information content (AvgIpc) is 2.97. The molecule has 0 bridgehead atoms. The van der Waals surface area contributed by atoms with Crippen LogP contribution in [0.15, 0.2) is 84.9 Å². The third-order valence-corrected chi connectivity index (χ3v) is 3.91. The molecule has 0 aliphatic carbocycles. The predicted octanol–water partition coefficient (Wildman–Crippen LogP) is 5.00. The number of aromatic nitrogens is 1. The van der Waals surface area contributed by atoms with Gasteiger partial charge in [0.1, 0.15) is 5.75 Å². The Bertz CT molecular complexity index is 924. The highest BCUT2D eigenvalue weighted by molar-refractivity contribution is 5.93. The van der Waals surface area contributed by atoms with Gasteiger partial charge in [-0.25, -0.2) is 0 Å². The van der Waals surface area contributed by atoms with Crippen LogP contribution in [0.1, 0.15) is 0 Å². The largest absolute Gasteiger partial charge is 0.507 e. The number of fused-ring (bicyclic) bond motifs is 1. The van der Waals surface area contributed by atoms with E-state index >= 15 is 0 Å². The third kappa shape index (κ3) is 1.97. The van der Waals surface area contributed by atoms with Gasteiger partial charge in [-0.3, -0.25) is 0 Å². The van der Waals surface area contributed by atoms with Crippen molar-refractivity contribution in [1.29, 1.82) is 0 Å². The van der Waals surface area contributed by atoms with Gasteiger partial charge in [-0.1, -0.05) is 54.6 Å². The number of hydrogen-bond acceptors (Lipinski definition) is 1. The molecule has 1 aromatic heterocycles. The third-order valence-electron chi connectivity index (χ3n) is 3.91. The van der Waals surface area contributed by atoms with Crippen molar-refractivity contribution in [3.63, 3.8) is 0 Å². The number of hydrogen-bond donors (Lipinski definition) is 1. The number of phenols is 1. The number of para-hydroxylation sites is 1. The molecule has 0 aliphatic heterocycles. The Morgan fingerprint density at radius 1 is 0.682 bits per heavy atom. The number of phenolic OH excluding ortho intramolecular Hbond substituents is 1. The second-order valence-electron chi connectivity index (χ2n) is 5.28. The van der Waals surface area contributed by atoms with E-state index in [1.54, 1.807) is 6.07 Å². The number of nitrogens with zero attached hydrogens (tertiary/aromatic N) is 1. The van der Waals surface area contributed by atoms with Crippen LogP contribution in [-0.4, -0.2) is 9.67 Å². The molecule has 0 amide bonds. The molecule has 2 nitrogen and oxygen atoms in total. The molecule has 0 saturated heterocycles. The molecule has 3 aromatic carbocycles. The minimum atomic E-state index is 0.310. The summed E-state index contributed by atoms with van der Waals surface area (Å²) in [4.78, 5) is 0. The summed E-state index contributed by atoms with van der Waals surface area (Å²) in [5.41, 5.74) is 4.29. The van der Waals surface area contributed by atoms with Gasteiger partial charge < -0.3 is 9.67 Å². The summed E-state index contributed by atoms with van der Waals surface area (Å²) >= 11 is 0. The lowest BCUT2D eigenvalue weighted by Gasteiger charge is -2.11. The van der Waals surface area contributed by atoms with E-state index in [-0.39, 0.29) is 0 Å². The standard InChI is InChI=1S/C20H15NO/c22-20-13-7-12-18-17(20)14-19(15-8-3-1-4-9-15)21(18)16-10-5-2-6-11-16/h1-14,22H. The van der Waals surface area contributed by atoms with Crippen LogP contribution in [-0.2, 0) is 0 Å². The molecule has 0 fully saturated rings. The fourth-order valence-corrected chi connectivity index (χ4v) is 2.89. The normalized spacial score (nSPS) is 10.9. The molecular formula is C20H15NO. The van der Waals surface area contributed by atoms with Crippen molar-refractivity contribution in [2.75, 3.05) is 0 Å². The lowest BCUT2D eigenvalue weighted by atomic mass is 10.1. The van der Waals surface area contributed by atoms with Crippen LogP contribution in [0.3, 0.4) is 0 Å². The Labute approximate surface area is 128 Å². The molecule has 0 aliphatic rings. The fraction of sp³-hybridized carbons (Fsp3) is 0. The molecule has 0 atom stereocenters. The summed E-state index contributed by atoms with van der Waals surface area (Å²) in [6.07, 6.45) is 0. The first-order valence-electron chi connectivity index (χ1n) is 7.29. The Hall–Kier alpha value is -3.00. The van der Waals surface area contributed by atoms with Crippen molar-refractivity contribution in [2.24, 2.45) is 0 Å². The highest BCUT2D eigenvalue weighted by atomic mass is 16.3. The summed E-state index contributed by atoms with van der Waals surface area (Å²) in [5, 5.41) is 11.1.